The highest BCUT2D eigenvalue weighted by Gasteiger charge is 2.28. The second-order valence-corrected chi connectivity index (χ2v) is 6.35. The van der Waals surface area contributed by atoms with Crippen LogP contribution in [0.15, 0.2) is 24.5 Å². The van der Waals surface area contributed by atoms with Gasteiger partial charge in [0.2, 0.25) is 0 Å². The zero-order valence-corrected chi connectivity index (χ0v) is 11.6. The molecule has 0 radical (unpaired) electrons. The Labute approximate surface area is 105 Å². The van der Waals surface area contributed by atoms with Gasteiger partial charge in [-0.3, -0.25) is 0 Å². The number of nitrogens with zero attached hydrogens (tertiary/aromatic N) is 2. The van der Waals surface area contributed by atoms with Gasteiger partial charge in [0.05, 0.1) is 0 Å². The lowest BCUT2D eigenvalue weighted by atomic mass is 9.75. The molecule has 2 heterocycles. The predicted molar refractivity (Wildman–Crippen MR) is 72.0 cm³/mol. The first-order valence-corrected chi connectivity index (χ1v) is 6.67. The average Bonchev–Trinajstić information content (AvgIpc) is 2.29. The third kappa shape index (κ3) is 2.99. The number of piperidine rings is 1. The molecular formula is C15H25N2+. The number of hydrogen-bond donors (Lipinski definition) is 0. The van der Waals surface area contributed by atoms with Crippen LogP contribution >= 0.6 is 0 Å². The van der Waals surface area contributed by atoms with Crippen LogP contribution in [0.3, 0.4) is 0 Å². The van der Waals surface area contributed by atoms with E-state index in [1.165, 1.54) is 31.6 Å². The molecule has 1 aliphatic rings. The summed E-state index contributed by atoms with van der Waals surface area (Å²) in [5.41, 5.74) is 1.84. The molecular weight excluding hydrogens is 208 g/mol. The maximum absolute atomic E-state index is 2.52. The first-order chi connectivity index (χ1) is 7.97. The van der Waals surface area contributed by atoms with E-state index in [0.29, 0.717) is 5.41 Å². The molecule has 94 valence electrons. The fourth-order valence-electron chi connectivity index (χ4n) is 2.71. The van der Waals surface area contributed by atoms with Crippen molar-refractivity contribution in [1.82, 2.24) is 0 Å². The van der Waals surface area contributed by atoms with Crippen LogP contribution in [0.1, 0.15) is 33.6 Å². The Bertz CT molecular complexity index is 354. The summed E-state index contributed by atoms with van der Waals surface area (Å²) in [6.45, 7) is 9.52. The Morgan fingerprint density at radius 2 is 1.65 bits per heavy atom. The molecule has 0 spiro atoms. The summed E-state index contributed by atoms with van der Waals surface area (Å²) < 4.78 is 2.09. The summed E-state index contributed by atoms with van der Waals surface area (Å²) in [5.74, 6) is 0.874. The lowest BCUT2D eigenvalue weighted by molar-refractivity contribution is -0.671. The highest BCUT2D eigenvalue weighted by atomic mass is 15.1. The van der Waals surface area contributed by atoms with Gasteiger partial charge < -0.3 is 4.90 Å². The highest BCUT2D eigenvalue weighted by Crippen LogP contribution is 2.35. The number of anilines is 1. The molecule has 2 heteroatoms. The molecule has 1 aromatic heterocycles. The van der Waals surface area contributed by atoms with Crippen molar-refractivity contribution in [1.29, 1.82) is 0 Å². The van der Waals surface area contributed by atoms with E-state index in [2.05, 4.69) is 61.8 Å². The smallest absolute Gasteiger partial charge is 0.170 e. The van der Waals surface area contributed by atoms with E-state index in [4.69, 9.17) is 0 Å². The maximum Gasteiger partial charge on any atom is 0.170 e. The van der Waals surface area contributed by atoms with Crippen LogP contribution in [-0.2, 0) is 7.05 Å². The Morgan fingerprint density at radius 1 is 1.12 bits per heavy atom. The molecule has 17 heavy (non-hydrogen) atoms. The number of rotatable bonds is 1. The Morgan fingerprint density at radius 3 is 2.12 bits per heavy atom. The third-order valence-electron chi connectivity index (χ3n) is 4.05. The lowest BCUT2D eigenvalue weighted by Gasteiger charge is -2.39. The van der Waals surface area contributed by atoms with Crippen LogP contribution in [0, 0.1) is 11.3 Å². The number of pyridine rings is 1. The Kier molecular flexibility index (Phi) is 3.41. The van der Waals surface area contributed by atoms with Crippen LogP contribution in [0.5, 0.6) is 0 Å². The molecule has 0 N–H and O–H groups in total. The predicted octanol–water partition coefficient (Wildman–Crippen LogP) is 2.77. The van der Waals surface area contributed by atoms with Crippen molar-refractivity contribution in [2.75, 3.05) is 18.0 Å². The maximum atomic E-state index is 2.52. The third-order valence-corrected chi connectivity index (χ3v) is 4.05. The van der Waals surface area contributed by atoms with E-state index in [-0.39, 0.29) is 0 Å². The molecule has 1 aromatic rings. The first kappa shape index (κ1) is 12.4. The molecule has 0 saturated carbocycles. The normalized spacial score (nSPS) is 18.5. The average molecular weight is 233 g/mol. The SMILES string of the molecule is C[n+]1ccc(N2CCC(C(C)(C)C)CC2)cc1. The lowest BCUT2D eigenvalue weighted by Crippen LogP contribution is -2.38. The second-order valence-electron chi connectivity index (χ2n) is 6.35. The quantitative estimate of drug-likeness (QED) is 0.677. The van der Waals surface area contributed by atoms with Crippen LogP contribution in [0.25, 0.3) is 0 Å². The highest BCUT2D eigenvalue weighted by molar-refractivity contribution is 5.44. The molecule has 0 atom stereocenters. The molecule has 2 rings (SSSR count). The van der Waals surface area contributed by atoms with E-state index in [9.17, 15) is 0 Å². The van der Waals surface area contributed by atoms with Gasteiger partial charge in [-0.25, -0.2) is 4.57 Å². The van der Waals surface area contributed by atoms with E-state index in [1.54, 1.807) is 0 Å². The van der Waals surface area contributed by atoms with Gasteiger partial charge in [0.15, 0.2) is 12.4 Å². The zero-order valence-electron chi connectivity index (χ0n) is 11.6. The fraction of sp³-hybridized carbons (Fsp3) is 0.667. The summed E-state index contributed by atoms with van der Waals surface area (Å²) in [6.07, 6.45) is 6.91. The van der Waals surface area contributed by atoms with Gasteiger partial charge >= 0.3 is 0 Å². The minimum atomic E-state index is 0.467. The van der Waals surface area contributed by atoms with Crippen LogP contribution in [0.4, 0.5) is 5.69 Å². The van der Waals surface area contributed by atoms with Gasteiger partial charge in [0, 0.05) is 30.9 Å². The van der Waals surface area contributed by atoms with Gasteiger partial charge in [0.1, 0.15) is 7.05 Å². The van der Waals surface area contributed by atoms with E-state index in [0.717, 1.165) is 5.92 Å². The summed E-state index contributed by atoms with van der Waals surface area (Å²) in [6, 6.07) is 4.44. The largest absolute Gasteiger partial charge is 0.371 e. The van der Waals surface area contributed by atoms with Crippen LogP contribution in [-0.4, -0.2) is 13.1 Å². The van der Waals surface area contributed by atoms with E-state index in [1.807, 2.05) is 0 Å². The van der Waals surface area contributed by atoms with E-state index >= 15 is 0 Å². The van der Waals surface area contributed by atoms with Crippen molar-refractivity contribution in [3.63, 3.8) is 0 Å². The topological polar surface area (TPSA) is 7.12 Å². The molecule has 1 saturated heterocycles. The minimum absolute atomic E-state index is 0.467. The number of aryl methyl sites for hydroxylation is 1. The summed E-state index contributed by atoms with van der Waals surface area (Å²) in [4.78, 5) is 2.52. The standard InChI is InChI=1S/C15H25N2/c1-15(2,3)13-5-11-17(12-6-13)14-7-9-16(4)10-8-14/h7-10,13H,5-6,11-12H2,1-4H3/q+1. The molecule has 0 bridgehead atoms. The molecule has 0 amide bonds. The van der Waals surface area contributed by atoms with Gasteiger partial charge in [0.25, 0.3) is 0 Å². The zero-order chi connectivity index (χ0) is 12.5. The Balaban J connectivity index is 1.97. The molecule has 1 fully saturated rings. The van der Waals surface area contributed by atoms with Crippen molar-refractivity contribution in [3.8, 4) is 0 Å². The first-order valence-electron chi connectivity index (χ1n) is 6.67. The molecule has 0 unspecified atom stereocenters. The van der Waals surface area contributed by atoms with Crippen molar-refractivity contribution >= 4 is 5.69 Å². The van der Waals surface area contributed by atoms with Gasteiger partial charge in [-0.05, 0) is 24.2 Å². The van der Waals surface area contributed by atoms with Crippen molar-refractivity contribution in [3.05, 3.63) is 24.5 Å². The van der Waals surface area contributed by atoms with Gasteiger partial charge in [-0.15, -0.1) is 0 Å². The second kappa shape index (κ2) is 4.67. The fourth-order valence-corrected chi connectivity index (χ4v) is 2.71. The van der Waals surface area contributed by atoms with Crippen LogP contribution < -0.4 is 9.47 Å². The number of aromatic nitrogens is 1. The van der Waals surface area contributed by atoms with Gasteiger partial charge in [-0.2, -0.15) is 0 Å². The summed E-state index contributed by atoms with van der Waals surface area (Å²) in [7, 11) is 2.07. The summed E-state index contributed by atoms with van der Waals surface area (Å²) in [5, 5.41) is 0. The molecule has 0 aliphatic carbocycles. The van der Waals surface area contributed by atoms with Gasteiger partial charge in [-0.1, -0.05) is 20.8 Å². The van der Waals surface area contributed by atoms with Crippen molar-refractivity contribution in [2.45, 2.75) is 33.6 Å². The number of hydrogen-bond acceptors (Lipinski definition) is 1. The monoisotopic (exact) mass is 233 g/mol. The molecule has 2 nitrogen and oxygen atoms in total. The molecule has 1 aliphatic heterocycles. The van der Waals surface area contributed by atoms with Crippen LogP contribution in [0.2, 0.25) is 0 Å². The van der Waals surface area contributed by atoms with Crippen molar-refractivity contribution < 1.29 is 4.57 Å². The van der Waals surface area contributed by atoms with E-state index < -0.39 is 0 Å². The summed E-state index contributed by atoms with van der Waals surface area (Å²) >= 11 is 0. The molecule has 0 aromatic carbocycles. The van der Waals surface area contributed by atoms with Crippen molar-refractivity contribution in [2.24, 2.45) is 18.4 Å². The Hall–Kier alpha value is -1.05. The minimum Gasteiger partial charge on any atom is -0.371 e.